The van der Waals surface area contributed by atoms with Crippen LogP contribution in [0.4, 0.5) is 11.4 Å². The molecule has 1 heterocycles. The number of nitrogens with zero attached hydrogens (tertiary/aromatic N) is 3. The highest BCUT2D eigenvalue weighted by molar-refractivity contribution is 5.76. The fraction of sp³-hybridized carbons (Fsp3) is 0.682. The minimum atomic E-state index is -0.382. The van der Waals surface area contributed by atoms with E-state index in [1.165, 1.54) is 57.1 Å². The summed E-state index contributed by atoms with van der Waals surface area (Å²) in [5.41, 5.74) is 1.09. The van der Waals surface area contributed by atoms with Crippen LogP contribution in [-0.4, -0.2) is 41.9 Å². The van der Waals surface area contributed by atoms with Crippen LogP contribution in [-0.2, 0) is 4.79 Å². The Morgan fingerprint density at radius 1 is 0.893 bits per heavy atom. The third-order valence-corrected chi connectivity index (χ3v) is 5.55. The standard InChI is InChI=1S/C22H35N3O3/c1-2-3-4-5-6-7-8-9-10-11-22(26)24-18-16-23(17-19-24)20-12-14-21(15-13-20)25(27)28/h12-15H,2-11,16-19H2,1H3. The Bertz CT molecular complexity index is 596. The summed E-state index contributed by atoms with van der Waals surface area (Å²) >= 11 is 0. The summed E-state index contributed by atoms with van der Waals surface area (Å²) < 4.78 is 0. The van der Waals surface area contributed by atoms with Gasteiger partial charge in [-0.05, 0) is 18.6 Å². The van der Waals surface area contributed by atoms with E-state index in [0.29, 0.717) is 6.42 Å². The molecule has 0 atom stereocenters. The molecule has 1 aliphatic heterocycles. The number of benzene rings is 1. The molecule has 0 N–H and O–H groups in total. The van der Waals surface area contributed by atoms with Gasteiger partial charge >= 0.3 is 0 Å². The highest BCUT2D eigenvalue weighted by atomic mass is 16.6. The van der Waals surface area contributed by atoms with Crippen molar-refractivity contribution in [2.45, 2.75) is 71.1 Å². The molecule has 1 aromatic carbocycles. The van der Waals surface area contributed by atoms with Crippen molar-refractivity contribution in [3.05, 3.63) is 34.4 Å². The Kier molecular flexibility index (Phi) is 9.80. The molecule has 0 saturated carbocycles. The van der Waals surface area contributed by atoms with Crippen LogP contribution in [0.2, 0.25) is 0 Å². The number of piperazine rings is 1. The van der Waals surface area contributed by atoms with Gasteiger partial charge in [-0.3, -0.25) is 14.9 Å². The lowest BCUT2D eigenvalue weighted by Gasteiger charge is -2.36. The fourth-order valence-corrected chi connectivity index (χ4v) is 3.74. The summed E-state index contributed by atoms with van der Waals surface area (Å²) in [4.78, 5) is 26.9. The van der Waals surface area contributed by atoms with E-state index in [4.69, 9.17) is 0 Å². The largest absolute Gasteiger partial charge is 0.368 e. The summed E-state index contributed by atoms with van der Waals surface area (Å²) in [5.74, 6) is 0.270. The average Bonchev–Trinajstić information content (AvgIpc) is 2.72. The second-order valence-corrected chi connectivity index (χ2v) is 7.72. The molecule has 2 rings (SSSR count). The number of hydrogen-bond donors (Lipinski definition) is 0. The molecule has 6 nitrogen and oxygen atoms in total. The molecular formula is C22H35N3O3. The van der Waals surface area contributed by atoms with Gasteiger partial charge in [-0.1, -0.05) is 58.3 Å². The van der Waals surface area contributed by atoms with Crippen molar-refractivity contribution >= 4 is 17.3 Å². The van der Waals surface area contributed by atoms with Crippen LogP contribution in [0.3, 0.4) is 0 Å². The Labute approximate surface area is 169 Å². The molecule has 156 valence electrons. The molecule has 0 spiro atoms. The van der Waals surface area contributed by atoms with Gasteiger partial charge in [0.2, 0.25) is 5.91 Å². The molecule has 1 aliphatic rings. The van der Waals surface area contributed by atoms with E-state index in [1.54, 1.807) is 12.1 Å². The number of anilines is 1. The summed E-state index contributed by atoms with van der Waals surface area (Å²) in [6.45, 7) is 5.26. The van der Waals surface area contributed by atoms with Crippen LogP contribution in [0.15, 0.2) is 24.3 Å². The SMILES string of the molecule is CCCCCCCCCCCC(=O)N1CCN(c2ccc([N+](=O)[O-])cc2)CC1. The van der Waals surface area contributed by atoms with Crippen LogP contribution in [0.5, 0.6) is 0 Å². The molecule has 28 heavy (non-hydrogen) atoms. The number of nitro groups is 1. The van der Waals surface area contributed by atoms with Gasteiger partial charge in [0.15, 0.2) is 0 Å². The first-order chi connectivity index (χ1) is 13.6. The zero-order chi connectivity index (χ0) is 20.2. The maximum absolute atomic E-state index is 12.4. The van der Waals surface area contributed by atoms with Crippen molar-refractivity contribution in [2.24, 2.45) is 0 Å². The van der Waals surface area contributed by atoms with E-state index in [1.807, 2.05) is 4.90 Å². The number of carbonyl (C=O) groups excluding carboxylic acids is 1. The maximum atomic E-state index is 12.4. The highest BCUT2D eigenvalue weighted by Crippen LogP contribution is 2.21. The van der Waals surface area contributed by atoms with E-state index in [2.05, 4.69) is 11.8 Å². The van der Waals surface area contributed by atoms with Crippen LogP contribution < -0.4 is 4.90 Å². The van der Waals surface area contributed by atoms with Crippen molar-refractivity contribution in [3.63, 3.8) is 0 Å². The Morgan fingerprint density at radius 2 is 1.43 bits per heavy atom. The van der Waals surface area contributed by atoms with Crippen molar-refractivity contribution in [1.82, 2.24) is 4.90 Å². The lowest BCUT2D eigenvalue weighted by atomic mass is 10.1. The van der Waals surface area contributed by atoms with Gasteiger partial charge in [0.05, 0.1) is 4.92 Å². The summed E-state index contributed by atoms with van der Waals surface area (Å²) in [7, 11) is 0. The van der Waals surface area contributed by atoms with Gasteiger partial charge in [-0.15, -0.1) is 0 Å². The molecular weight excluding hydrogens is 354 g/mol. The van der Waals surface area contributed by atoms with Gasteiger partial charge in [0.25, 0.3) is 5.69 Å². The summed E-state index contributed by atoms with van der Waals surface area (Å²) in [6.07, 6.45) is 12.0. The van der Waals surface area contributed by atoms with E-state index in [0.717, 1.165) is 44.7 Å². The molecule has 0 radical (unpaired) electrons. The molecule has 0 aliphatic carbocycles. The molecule has 1 aromatic rings. The van der Waals surface area contributed by atoms with Crippen LogP contribution in [0.25, 0.3) is 0 Å². The van der Waals surface area contributed by atoms with Gasteiger partial charge < -0.3 is 9.80 Å². The lowest BCUT2D eigenvalue weighted by molar-refractivity contribution is -0.384. The average molecular weight is 390 g/mol. The molecule has 0 unspecified atom stereocenters. The van der Waals surface area contributed by atoms with Crippen LogP contribution in [0, 0.1) is 10.1 Å². The first-order valence-corrected chi connectivity index (χ1v) is 10.9. The number of unbranched alkanes of at least 4 members (excludes halogenated alkanes) is 8. The van der Waals surface area contributed by atoms with Gasteiger partial charge in [-0.2, -0.15) is 0 Å². The number of rotatable bonds is 12. The zero-order valence-corrected chi connectivity index (χ0v) is 17.3. The molecule has 0 bridgehead atoms. The molecule has 1 amide bonds. The van der Waals surface area contributed by atoms with Gasteiger partial charge in [-0.25, -0.2) is 0 Å². The predicted octanol–water partition coefficient (Wildman–Crippen LogP) is 5.16. The molecule has 6 heteroatoms. The van der Waals surface area contributed by atoms with Crippen molar-refractivity contribution in [3.8, 4) is 0 Å². The number of carbonyl (C=O) groups is 1. The summed E-state index contributed by atoms with van der Waals surface area (Å²) in [6, 6.07) is 6.66. The van der Waals surface area contributed by atoms with E-state index < -0.39 is 0 Å². The lowest BCUT2D eigenvalue weighted by Crippen LogP contribution is -2.48. The monoisotopic (exact) mass is 389 g/mol. The minimum Gasteiger partial charge on any atom is -0.368 e. The number of hydrogen-bond acceptors (Lipinski definition) is 4. The summed E-state index contributed by atoms with van der Waals surface area (Å²) in [5, 5.41) is 10.8. The number of non-ortho nitro benzene ring substituents is 1. The smallest absolute Gasteiger partial charge is 0.269 e. The quantitative estimate of drug-likeness (QED) is 0.281. The van der Waals surface area contributed by atoms with E-state index in [-0.39, 0.29) is 16.5 Å². The normalized spacial score (nSPS) is 14.3. The van der Waals surface area contributed by atoms with E-state index in [9.17, 15) is 14.9 Å². The third kappa shape index (κ3) is 7.49. The minimum absolute atomic E-state index is 0.110. The zero-order valence-electron chi connectivity index (χ0n) is 17.3. The maximum Gasteiger partial charge on any atom is 0.269 e. The first-order valence-electron chi connectivity index (χ1n) is 10.9. The second kappa shape index (κ2) is 12.4. The Morgan fingerprint density at radius 3 is 1.96 bits per heavy atom. The Balaban J connectivity index is 1.58. The number of amides is 1. The molecule has 1 fully saturated rings. The van der Waals surface area contributed by atoms with Gasteiger partial charge in [0.1, 0.15) is 0 Å². The van der Waals surface area contributed by atoms with E-state index >= 15 is 0 Å². The number of nitro benzene ring substituents is 1. The first kappa shape index (κ1) is 22.2. The third-order valence-electron chi connectivity index (χ3n) is 5.55. The Hall–Kier alpha value is -2.11. The highest BCUT2D eigenvalue weighted by Gasteiger charge is 2.21. The fourth-order valence-electron chi connectivity index (χ4n) is 3.74. The van der Waals surface area contributed by atoms with Crippen molar-refractivity contribution in [1.29, 1.82) is 0 Å². The van der Waals surface area contributed by atoms with Crippen LogP contribution >= 0.6 is 0 Å². The predicted molar refractivity (Wildman–Crippen MR) is 114 cm³/mol. The van der Waals surface area contributed by atoms with Crippen LogP contribution in [0.1, 0.15) is 71.1 Å². The topological polar surface area (TPSA) is 66.7 Å². The second-order valence-electron chi connectivity index (χ2n) is 7.72. The van der Waals surface area contributed by atoms with Crippen molar-refractivity contribution < 1.29 is 9.72 Å². The molecule has 1 saturated heterocycles. The molecule has 0 aromatic heterocycles. The van der Waals surface area contributed by atoms with Crippen molar-refractivity contribution in [2.75, 3.05) is 31.1 Å². The van der Waals surface area contributed by atoms with Gasteiger partial charge in [0, 0.05) is 50.4 Å².